The number of H-pyrrole nitrogens is 1. The number of carbonyl (C=O) groups is 1. The maximum absolute atomic E-state index is 10.0. The normalized spacial score (nSPS) is 10.6. The molecule has 84 valence electrons. The maximum Gasteiger partial charge on any atom is 0.293 e. The number of carbonyl (C=O) groups excluding carboxylic acids is 1. The molecule has 0 amide bonds. The van der Waals surface area contributed by atoms with Gasteiger partial charge >= 0.3 is 0 Å². The molecule has 0 bridgehead atoms. The fourth-order valence-corrected chi connectivity index (χ4v) is 2.01. The molecule has 1 aromatic carbocycles. The summed E-state index contributed by atoms with van der Waals surface area (Å²) in [4.78, 5) is 13.4. The van der Waals surface area contributed by atoms with E-state index in [9.17, 15) is 4.79 Å². The topological polar surface area (TPSA) is 42.1 Å². The molecule has 1 N–H and O–H groups in total. The summed E-state index contributed by atoms with van der Waals surface area (Å²) in [5, 5.41) is 1.24. The number of hydrogen-bond donors (Lipinski definition) is 1. The first kappa shape index (κ1) is 10.7. The summed E-state index contributed by atoms with van der Waals surface area (Å²) in [6, 6.07) is 6.42. The molecule has 3 heteroatoms. The molecule has 2 aromatic rings. The monoisotopic (exact) mass is 217 g/mol. The number of hydrogen-bond acceptors (Lipinski definition) is 2. The third kappa shape index (κ3) is 2.08. The van der Waals surface area contributed by atoms with Crippen LogP contribution in [0.2, 0.25) is 0 Å². The van der Waals surface area contributed by atoms with E-state index < -0.39 is 0 Å². The zero-order chi connectivity index (χ0) is 11.5. The molecule has 0 aliphatic rings. The number of aryl methyl sites for hydroxylation is 2. The van der Waals surface area contributed by atoms with E-state index in [4.69, 9.17) is 0 Å². The highest BCUT2D eigenvalue weighted by atomic mass is 16.5. The zero-order valence-electron chi connectivity index (χ0n) is 9.54. The van der Waals surface area contributed by atoms with Crippen molar-refractivity contribution in [1.29, 1.82) is 0 Å². The van der Waals surface area contributed by atoms with E-state index >= 15 is 0 Å². The van der Waals surface area contributed by atoms with Gasteiger partial charge in [-0.3, -0.25) is 4.79 Å². The number of fused-ring (bicyclic) bond motifs is 1. The summed E-state index contributed by atoms with van der Waals surface area (Å²) in [7, 11) is 0. The maximum atomic E-state index is 10.0. The van der Waals surface area contributed by atoms with Gasteiger partial charge in [0.25, 0.3) is 6.47 Å². The van der Waals surface area contributed by atoms with Crippen molar-refractivity contribution >= 4 is 17.4 Å². The first-order valence-electron chi connectivity index (χ1n) is 5.35. The molecule has 16 heavy (non-hydrogen) atoms. The van der Waals surface area contributed by atoms with Gasteiger partial charge in [0.1, 0.15) is 0 Å². The lowest BCUT2D eigenvalue weighted by Gasteiger charge is -1.97. The molecule has 1 aromatic heterocycles. The van der Waals surface area contributed by atoms with Crippen LogP contribution in [0, 0.1) is 13.8 Å². The summed E-state index contributed by atoms with van der Waals surface area (Å²) in [6.45, 7) is 5.10. The summed E-state index contributed by atoms with van der Waals surface area (Å²) < 4.78 is 4.69. The predicted molar refractivity (Wildman–Crippen MR) is 63.5 cm³/mol. The van der Waals surface area contributed by atoms with Crippen LogP contribution < -0.4 is 0 Å². The Balaban J connectivity index is 2.29. The minimum Gasteiger partial charge on any atom is -0.467 e. The summed E-state index contributed by atoms with van der Waals surface area (Å²) in [6.07, 6.45) is 0.728. The quantitative estimate of drug-likeness (QED) is 0.631. The van der Waals surface area contributed by atoms with E-state index in [1.807, 2.05) is 0 Å². The van der Waals surface area contributed by atoms with Gasteiger partial charge in [-0.05, 0) is 37.1 Å². The SMILES string of the molecule is Cc1cc(C)c2cc(CCOC=O)[nH]c2c1. The van der Waals surface area contributed by atoms with Crippen LogP contribution in [0.1, 0.15) is 16.8 Å². The second kappa shape index (κ2) is 4.39. The van der Waals surface area contributed by atoms with Crippen molar-refractivity contribution in [3.8, 4) is 0 Å². The number of ether oxygens (including phenoxy) is 1. The summed E-state index contributed by atoms with van der Waals surface area (Å²) in [5.41, 5.74) is 4.78. The first-order valence-corrected chi connectivity index (χ1v) is 5.35. The van der Waals surface area contributed by atoms with Crippen molar-refractivity contribution in [2.45, 2.75) is 20.3 Å². The Hall–Kier alpha value is -1.77. The number of aromatic nitrogens is 1. The highest BCUT2D eigenvalue weighted by Gasteiger charge is 2.04. The molecule has 0 radical (unpaired) electrons. The minimum absolute atomic E-state index is 0.425. The lowest BCUT2D eigenvalue weighted by molar-refractivity contribution is -0.128. The molecule has 0 unspecified atom stereocenters. The molecule has 0 saturated heterocycles. The van der Waals surface area contributed by atoms with Gasteiger partial charge in [-0.25, -0.2) is 0 Å². The Morgan fingerprint density at radius 1 is 1.31 bits per heavy atom. The third-order valence-corrected chi connectivity index (χ3v) is 2.70. The number of rotatable bonds is 4. The van der Waals surface area contributed by atoms with Crippen LogP contribution >= 0.6 is 0 Å². The minimum atomic E-state index is 0.425. The van der Waals surface area contributed by atoms with Crippen molar-refractivity contribution in [2.24, 2.45) is 0 Å². The second-order valence-electron chi connectivity index (χ2n) is 4.05. The number of aromatic amines is 1. The van der Waals surface area contributed by atoms with Gasteiger partial charge in [-0.1, -0.05) is 6.07 Å². The van der Waals surface area contributed by atoms with Crippen LogP contribution in [0.5, 0.6) is 0 Å². The fourth-order valence-electron chi connectivity index (χ4n) is 2.01. The molecule has 0 aliphatic heterocycles. The molecule has 0 spiro atoms. The fraction of sp³-hybridized carbons (Fsp3) is 0.308. The number of nitrogens with one attached hydrogen (secondary N) is 1. The van der Waals surface area contributed by atoms with E-state index in [1.54, 1.807) is 0 Å². The van der Waals surface area contributed by atoms with Crippen LogP contribution in [0.25, 0.3) is 10.9 Å². The van der Waals surface area contributed by atoms with Gasteiger partial charge in [0.05, 0.1) is 6.61 Å². The van der Waals surface area contributed by atoms with E-state index in [0.717, 1.165) is 17.6 Å². The van der Waals surface area contributed by atoms with Crippen LogP contribution in [0.3, 0.4) is 0 Å². The molecule has 0 atom stereocenters. The average molecular weight is 217 g/mol. The summed E-state index contributed by atoms with van der Waals surface area (Å²) in [5.74, 6) is 0. The largest absolute Gasteiger partial charge is 0.467 e. The van der Waals surface area contributed by atoms with Crippen LogP contribution in [-0.4, -0.2) is 18.1 Å². The zero-order valence-corrected chi connectivity index (χ0v) is 9.54. The standard InChI is InChI=1S/C13H15NO2/c1-9-5-10(2)12-7-11(3-4-16-8-15)14-13(12)6-9/h5-8,14H,3-4H2,1-2H3. The first-order chi connectivity index (χ1) is 7.70. The second-order valence-corrected chi connectivity index (χ2v) is 4.05. The molecule has 0 aliphatic carbocycles. The van der Waals surface area contributed by atoms with Crippen LogP contribution in [0.4, 0.5) is 0 Å². The molecule has 3 nitrogen and oxygen atoms in total. The van der Waals surface area contributed by atoms with E-state index in [-0.39, 0.29) is 0 Å². The van der Waals surface area contributed by atoms with Gasteiger partial charge in [0.2, 0.25) is 0 Å². The Kier molecular flexibility index (Phi) is 2.95. The average Bonchev–Trinajstić information content (AvgIpc) is 2.61. The molecule has 0 saturated carbocycles. The van der Waals surface area contributed by atoms with E-state index in [0.29, 0.717) is 13.1 Å². The highest BCUT2D eigenvalue weighted by molar-refractivity contribution is 5.84. The third-order valence-electron chi connectivity index (χ3n) is 2.70. The Morgan fingerprint density at radius 3 is 2.88 bits per heavy atom. The van der Waals surface area contributed by atoms with Crippen molar-refractivity contribution in [1.82, 2.24) is 4.98 Å². The molecule has 2 rings (SSSR count). The molecular formula is C13H15NO2. The van der Waals surface area contributed by atoms with Gasteiger partial charge in [-0.15, -0.1) is 0 Å². The van der Waals surface area contributed by atoms with Crippen LogP contribution in [0.15, 0.2) is 18.2 Å². The molecular weight excluding hydrogens is 202 g/mol. The predicted octanol–water partition coefficient (Wildman–Crippen LogP) is 2.50. The van der Waals surface area contributed by atoms with Gasteiger partial charge < -0.3 is 9.72 Å². The van der Waals surface area contributed by atoms with E-state index in [2.05, 4.69) is 41.8 Å². The van der Waals surface area contributed by atoms with Crippen molar-refractivity contribution in [3.05, 3.63) is 35.0 Å². The lowest BCUT2D eigenvalue weighted by atomic mass is 10.1. The highest BCUT2D eigenvalue weighted by Crippen LogP contribution is 2.21. The Morgan fingerprint density at radius 2 is 2.12 bits per heavy atom. The number of benzene rings is 1. The smallest absolute Gasteiger partial charge is 0.293 e. The van der Waals surface area contributed by atoms with Gasteiger partial charge in [0.15, 0.2) is 0 Å². The van der Waals surface area contributed by atoms with Crippen LogP contribution in [-0.2, 0) is 16.0 Å². The van der Waals surface area contributed by atoms with Crippen molar-refractivity contribution in [3.63, 3.8) is 0 Å². The molecule has 0 fully saturated rings. The van der Waals surface area contributed by atoms with E-state index in [1.165, 1.54) is 16.5 Å². The Labute approximate surface area is 94.4 Å². The summed E-state index contributed by atoms with van der Waals surface area (Å²) >= 11 is 0. The Bertz CT molecular complexity index is 514. The lowest BCUT2D eigenvalue weighted by Crippen LogP contribution is -1.96. The van der Waals surface area contributed by atoms with Crippen molar-refractivity contribution < 1.29 is 9.53 Å². The van der Waals surface area contributed by atoms with Gasteiger partial charge in [-0.2, -0.15) is 0 Å². The molecule has 1 heterocycles. The van der Waals surface area contributed by atoms with Crippen molar-refractivity contribution in [2.75, 3.05) is 6.61 Å². The van der Waals surface area contributed by atoms with Gasteiger partial charge in [0, 0.05) is 23.0 Å².